The SMILES string of the molecule is CC1CCc2ccc(CI)cc2C1. The van der Waals surface area contributed by atoms with Crippen molar-refractivity contribution in [2.45, 2.75) is 30.6 Å². The molecular weight excluding hydrogens is 271 g/mol. The number of fused-ring (bicyclic) bond motifs is 1. The Labute approximate surface area is 93.9 Å². The molecule has 0 aliphatic heterocycles. The molecule has 0 N–H and O–H groups in total. The molecule has 0 aromatic heterocycles. The molecule has 1 aromatic carbocycles. The van der Waals surface area contributed by atoms with E-state index in [0.29, 0.717) is 0 Å². The highest BCUT2D eigenvalue weighted by Crippen LogP contribution is 2.26. The highest BCUT2D eigenvalue weighted by Gasteiger charge is 2.14. The molecule has 0 bridgehead atoms. The molecule has 2 rings (SSSR count). The lowest BCUT2D eigenvalue weighted by atomic mass is 9.84. The molecule has 1 atom stereocenters. The highest BCUT2D eigenvalue weighted by molar-refractivity contribution is 14.1. The minimum atomic E-state index is 0.886. The van der Waals surface area contributed by atoms with E-state index in [0.717, 1.165) is 10.3 Å². The molecule has 0 fully saturated rings. The average Bonchev–Trinajstić information content (AvgIpc) is 2.16. The fourth-order valence-corrected chi connectivity index (χ4v) is 2.55. The van der Waals surface area contributed by atoms with Crippen molar-refractivity contribution in [2.75, 3.05) is 0 Å². The van der Waals surface area contributed by atoms with E-state index in [1.807, 2.05) is 0 Å². The van der Waals surface area contributed by atoms with Gasteiger partial charge >= 0.3 is 0 Å². The minimum absolute atomic E-state index is 0.886. The van der Waals surface area contributed by atoms with Gasteiger partial charge in [-0.3, -0.25) is 0 Å². The maximum atomic E-state index is 2.43. The second kappa shape index (κ2) is 3.99. The number of hydrogen-bond donors (Lipinski definition) is 0. The standard InChI is InChI=1S/C12H15I/c1-9-2-4-11-5-3-10(8-13)7-12(11)6-9/h3,5,7,9H,2,4,6,8H2,1H3. The molecule has 0 spiro atoms. The first-order valence-corrected chi connectivity index (χ1v) is 6.49. The first-order chi connectivity index (χ1) is 6.29. The maximum Gasteiger partial charge on any atom is 0.0247 e. The second-order valence-corrected chi connectivity index (χ2v) is 4.85. The average molecular weight is 286 g/mol. The van der Waals surface area contributed by atoms with Gasteiger partial charge in [0.05, 0.1) is 0 Å². The molecule has 0 saturated carbocycles. The van der Waals surface area contributed by atoms with Crippen LogP contribution in [0.25, 0.3) is 0 Å². The molecular formula is C12H15I. The molecule has 0 nitrogen and oxygen atoms in total. The maximum absolute atomic E-state index is 2.43. The summed E-state index contributed by atoms with van der Waals surface area (Å²) in [5.74, 6) is 0.886. The van der Waals surface area contributed by atoms with Crippen LogP contribution in [0.3, 0.4) is 0 Å². The van der Waals surface area contributed by atoms with Crippen molar-refractivity contribution < 1.29 is 0 Å². The Kier molecular flexibility index (Phi) is 2.92. The van der Waals surface area contributed by atoms with Gasteiger partial charge in [0, 0.05) is 4.43 Å². The minimum Gasteiger partial charge on any atom is -0.0812 e. The first kappa shape index (κ1) is 9.50. The zero-order valence-electron chi connectivity index (χ0n) is 8.02. The predicted molar refractivity (Wildman–Crippen MR) is 65.4 cm³/mol. The summed E-state index contributed by atoms with van der Waals surface area (Å²) >= 11 is 2.43. The van der Waals surface area contributed by atoms with Gasteiger partial charge in [0.15, 0.2) is 0 Å². The van der Waals surface area contributed by atoms with Crippen LogP contribution in [-0.2, 0) is 17.3 Å². The van der Waals surface area contributed by atoms with Crippen LogP contribution in [0.5, 0.6) is 0 Å². The van der Waals surface area contributed by atoms with E-state index in [-0.39, 0.29) is 0 Å². The van der Waals surface area contributed by atoms with Crippen LogP contribution in [0, 0.1) is 5.92 Å². The van der Waals surface area contributed by atoms with Crippen molar-refractivity contribution >= 4 is 22.6 Å². The molecule has 0 saturated heterocycles. The van der Waals surface area contributed by atoms with Gasteiger partial charge < -0.3 is 0 Å². The van der Waals surface area contributed by atoms with Crippen LogP contribution < -0.4 is 0 Å². The third kappa shape index (κ3) is 2.06. The summed E-state index contributed by atoms with van der Waals surface area (Å²) < 4.78 is 1.14. The van der Waals surface area contributed by atoms with Crippen molar-refractivity contribution in [3.8, 4) is 0 Å². The normalized spacial score (nSPS) is 21.2. The monoisotopic (exact) mass is 286 g/mol. The zero-order valence-corrected chi connectivity index (χ0v) is 10.2. The van der Waals surface area contributed by atoms with Crippen LogP contribution in [0.2, 0.25) is 0 Å². The second-order valence-electron chi connectivity index (χ2n) is 4.08. The number of halogens is 1. The molecule has 0 radical (unpaired) electrons. The van der Waals surface area contributed by atoms with Crippen molar-refractivity contribution in [3.05, 3.63) is 34.9 Å². The fraction of sp³-hybridized carbons (Fsp3) is 0.500. The zero-order chi connectivity index (χ0) is 9.26. The number of hydrogen-bond acceptors (Lipinski definition) is 0. The number of rotatable bonds is 1. The van der Waals surface area contributed by atoms with Crippen LogP contribution in [0.1, 0.15) is 30.0 Å². The number of alkyl halides is 1. The summed E-state index contributed by atoms with van der Waals surface area (Å²) in [6, 6.07) is 7.01. The lowest BCUT2D eigenvalue weighted by Crippen LogP contribution is -2.11. The molecule has 1 heteroatoms. The Bertz CT molecular complexity index is 304. The summed E-state index contributed by atoms with van der Waals surface area (Å²) in [5, 5.41) is 0. The third-order valence-corrected chi connectivity index (χ3v) is 3.78. The van der Waals surface area contributed by atoms with E-state index >= 15 is 0 Å². The van der Waals surface area contributed by atoms with E-state index in [1.54, 1.807) is 11.1 Å². The Balaban J connectivity index is 2.32. The van der Waals surface area contributed by atoms with E-state index in [9.17, 15) is 0 Å². The lowest BCUT2D eigenvalue weighted by molar-refractivity contribution is 0.501. The highest BCUT2D eigenvalue weighted by atomic mass is 127. The van der Waals surface area contributed by atoms with Gasteiger partial charge in [0.1, 0.15) is 0 Å². The van der Waals surface area contributed by atoms with Crippen molar-refractivity contribution in [1.29, 1.82) is 0 Å². The van der Waals surface area contributed by atoms with Crippen LogP contribution in [-0.4, -0.2) is 0 Å². The van der Waals surface area contributed by atoms with Gasteiger partial charge in [0.25, 0.3) is 0 Å². The molecule has 1 aliphatic carbocycles. The summed E-state index contributed by atoms with van der Waals surface area (Å²) in [4.78, 5) is 0. The van der Waals surface area contributed by atoms with Crippen LogP contribution in [0.4, 0.5) is 0 Å². The molecule has 70 valence electrons. The van der Waals surface area contributed by atoms with Crippen molar-refractivity contribution in [1.82, 2.24) is 0 Å². The van der Waals surface area contributed by atoms with E-state index in [1.165, 1.54) is 24.8 Å². The molecule has 1 aliphatic rings. The van der Waals surface area contributed by atoms with Gasteiger partial charge in [-0.1, -0.05) is 47.7 Å². The van der Waals surface area contributed by atoms with Gasteiger partial charge in [-0.15, -0.1) is 0 Å². The summed E-state index contributed by atoms with van der Waals surface area (Å²) in [6.07, 6.45) is 3.95. The smallest absolute Gasteiger partial charge is 0.0247 e. The van der Waals surface area contributed by atoms with Gasteiger partial charge in [-0.2, -0.15) is 0 Å². The predicted octanol–water partition coefficient (Wildman–Crippen LogP) is 3.75. The number of aryl methyl sites for hydroxylation is 1. The Hall–Kier alpha value is -0.0500. The van der Waals surface area contributed by atoms with Crippen molar-refractivity contribution in [2.24, 2.45) is 5.92 Å². The Morgan fingerprint density at radius 1 is 1.38 bits per heavy atom. The van der Waals surface area contributed by atoms with E-state index in [2.05, 4.69) is 47.7 Å². The van der Waals surface area contributed by atoms with E-state index < -0.39 is 0 Å². The Morgan fingerprint density at radius 2 is 2.23 bits per heavy atom. The fourth-order valence-electron chi connectivity index (χ4n) is 2.08. The molecule has 0 amide bonds. The largest absolute Gasteiger partial charge is 0.0812 e. The molecule has 1 unspecified atom stereocenters. The van der Waals surface area contributed by atoms with Crippen LogP contribution in [0.15, 0.2) is 18.2 Å². The topological polar surface area (TPSA) is 0 Å². The van der Waals surface area contributed by atoms with Gasteiger partial charge in [-0.05, 0) is 41.9 Å². The Morgan fingerprint density at radius 3 is 3.00 bits per heavy atom. The van der Waals surface area contributed by atoms with Gasteiger partial charge in [0.2, 0.25) is 0 Å². The van der Waals surface area contributed by atoms with Gasteiger partial charge in [-0.25, -0.2) is 0 Å². The third-order valence-electron chi connectivity index (χ3n) is 2.90. The van der Waals surface area contributed by atoms with E-state index in [4.69, 9.17) is 0 Å². The molecule has 0 heterocycles. The molecule has 1 aromatic rings. The first-order valence-electron chi connectivity index (χ1n) is 4.96. The number of benzene rings is 1. The molecule has 13 heavy (non-hydrogen) atoms. The summed E-state index contributed by atoms with van der Waals surface area (Å²) in [5.41, 5.74) is 4.67. The summed E-state index contributed by atoms with van der Waals surface area (Å²) in [7, 11) is 0. The quantitative estimate of drug-likeness (QED) is 0.545. The van der Waals surface area contributed by atoms with Crippen molar-refractivity contribution in [3.63, 3.8) is 0 Å². The lowest BCUT2D eigenvalue weighted by Gasteiger charge is -2.21. The summed E-state index contributed by atoms with van der Waals surface area (Å²) in [6.45, 7) is 2.36. The van der Waals surface area contributed by atoms with Crippen LogP contribution >= 0.6 is 22.6 Å².